The van der Waals surface area contributed by atoms with Gasteiger partial charge in [-0.1, -0.05) is 0 Å². The number of ether oxygens (including phenoxy) is 2. The maximum atomic E-state index is 11.3. The van der Waals surface area contributed by atoms with Crippen LogP contribution in [0.5, 0.6) is 11.5 Å². The smallest absolute Gasteiger partial charge is 0.315 e. The highest BCUT2D eigenvalue weighted by atomic mass is 16.5. The Labute approximate surface area is 93.3 Å². The first-order valence-electron chi connectivity index (χ1n) is 5.37. The first-order chi connectivity index (χ1) is 7.69. The number of methoxy groups -OCH3 is 1. The van der Waals surface area contributed by atoms with Crippen LogP contribution in [0.3, 0.4) is 0 Å². The van der Waals surface area contributed by atoms with Crippen LogP contribution in [0.25, 0.3) is 0 Å². The van der Waals surface area contributed by atoms with Gasteiger partial charge in [0.1, 0.15) is 11.5 Å². The maximum absolute atomic E-state index is 11.3. The van der Waals surface area contributed by atoms with Crippen LogP contribution in [0.4, 0.5) is 0 Å². The quantitative estimate of drug-likeness (QED) is 0.554. The Hall–Kier alpha value is -1.55. The SMILES string of the molecule is COc1c2c(cc3c1CC(=O)O3)CC(N)C2. The topological polar surface area (TPSA) is 61.5 Å². The van der Waals surface area contributed by atoms with Crippen LogP contribution < -0.4 is 15.2 Å². The normalized spacial score (nSPS) is 21.6. The minimum absolute atomic E-state index is 0.155. The summed E-state index contributed by atoms with van der Waals surface area (Å²) in [5.74, 6) is 1.24. The minimum atomic E-state index is -0.207. The molecule has 0 saturated carbocycles. The van der Waals surface area contributed by atoms with Crippen LogP contribution in [0, 0.1) is 0 Å². The molecule has 0 fully saturated rings. The summed E-state index contributed by atoms with van der Waals surface area (Å²) in [6, 6.07) is 2.09. The zero-order valence-corrected chi connectivity index (χ0v) is 9.08. The lowest BCUT2D eigenvalue weighted by Crippen LogP contribution is -2.19. The molecule has 1 atom stereocenters. The number of benzene rings is 1. The summed E-state index contributed by atoms with van der Waals surface area (Å²) in [7, 11) is 1.63. The van der Waals surface area contributed by atoms with E-state index < -0.39 is 0 Å². The van der Waals surface area contributed by atoms with Crippen molar-refractivity contribution in [1.82, 2.24) is 0 Å². The summed E-state index contributed by atoms with van der Waals surface area (Å²) in [5, 5.41) is 0. The summed E-state index contributed by atoms with van der Waals surface area (Å²) in [6.07, 6.45) is 1.96. The zero-order valence-electron chi connectivity index (χ0n) is 9.08. The van der Waals surface area contributed by atoms with E-state index in [-0.39, 0.29) is 12.0 Å². The molecule has 0 radical (unpaired) electrons. The Morgan fingerprint density at radius 1 is 1.44 bits per heavy atom. The van der Waals surface area contributed by atoms with Gasteiger partial charge in [-0.05, 0) is 30.0 Å². The second-order valence-electron chi connectivity index (χ2n) is 4.34. The van der Waals surface area contributed by atoms with E-state index in [0.29, 0.717) is 12.2 Å². The van der Waals surface area contributed by atoms with E-state index in [0.717, 1.165) is 35.3 Å². The number of nitrogens with two attached hydrogens (primary N) is 1. The van der Waals surface area contributed by atoms with E-state index in [9.17, 15) is 4.79 Å². The zero-order chi connectivity index (χ0) is 11.3. The summed E-state index contributed by atoms with van der Waals surface area (Å²) in [4.78, 5) is 11.3. The van der Waals surface area contributed by atoms with Crippen LogP contribution >= 0.6 is 0 Å². The van der Waals surface area contributed by atoms with Crippen molar-refractivity contribution in [2.75, 3.05) is 7.11 Å². The molecule has 0 spiro atoms. The Balaban J connectivity index is 2.18. The van der Waals surface area contributed by atoms with Gasteiger partial charge in [0.05, 0.1) is 13.5 Å². The number of rotatable bonds is 1. The van der Waals surface area contributed by atoms with Crippen LogP contribution in [-0.4, -0.2) is 19.1 Å². The van der Waals surface area contributed by atoms with Gasteiger partial charge in [0.2, 0.25) is 0 Å². The molecule has 3 rings (SSSR count). The van der Waals surface area contributed by atoms with Gasteiger partial charge in [-0.25, -0.2) is 0 Å². The molecule has 1 aromatic carbocycles. The second kappa shape index (κ2) is 3.22. The standard InChI is InChI=1S/C12H13NO3/c1-15-12-8-4-7(13)2-6(8)3-10-9(12)5-11(14)16-10/h3,7H,2,4-5,13H2,1H3. The summed E-state index contributed by atoms with van der Waals surface area (Å²) in [6.45, 7) is 0. The van der Waals surface area contributed by atoms with Gasteiger partial charge in [0.25, 0.3) is 0 Å². The molecule has 1 aliphatic heterocycles. The van der Waals surface area contributed by atoms with Gasteiger partial charge in [0, 0.05) is 11.6 Å². The molecular formula is C12H13NO3. The summed E-state index contributed by atoms with van der Waals surface area (Å²) in [5.41, 5.74) is 9.10. The van der Waals surface area contributed by atoms with Crippen LogP contribution in [0.1, 0.15) is 16.7 Å². The highest BCUT2D eigenvalue weighted by Crippen LogP contribution is 2.42. The predicted octanol–water partition coefficient (Wildman–Crippen LogP) is 0.583. The minimum Gasteiger partial charge on any atom is -0.496 e. The molecule has 84 valence electrons. The lowest BCUT2D eigenvalue weighted by molar-refractivity contribution is -0.131. The number of carbonyl (C=O) groups is 1. The van der Waals surface area contributed by atoms with E-state index in [1.54, 1.807) is 7.11 Å². The Bertz CT molecular complexity index is 482. The molecule has 2 N–H and O–H groups in total. The molecule has 16 heavy (non-hydrogen) atoms. The van der Waals surface area contributed by atoms with Gasteiger partial charge < -0.3 is 15.2 Å². The van der Waals surface area contributed by atoms with Crippen molar-refractivity contribution in [3.05, 3.63) is 22.8 Å². The fraction of sp³-hybridized carbons (Fsp3) is 0.417. The van der Waals surface area contributed by atoms with Gasteiger partial charge >= 0.3 is 5.97 Å². The molecule has 0 bridgehead atoms. The second-order valence-corrected chi connectivity index (χ2v) is 4.34. The fourth-order valence-electron chi connectivity index (χ4n) is 2.60. The van der Waals surface area contributed by atoms with Crippen molar-refractivity contribution < 1.29 is 14.3 Å². The van der Waals surface area contributed by atoms with Gasteiger partial charge in [-0.2, -0.15) is 0 Å². The van der Waals surface area contributed by atoms with Crippen molar-refractivity contribution in [2.24, 2.45) is 5.73 Å². The largest absolute Gasteiger partial charge is 0.496 e. The van der Waals surface area contributed by atoms with Crippen molar-refractivity contribution in [3.8, 4) is 11.5 Å². The summed E-state index contributed by atoms with van der Waals surface area (Å²) >= 11 is 0. The third-order valence-corrected chi connectivity index (χ3v) is 3.24. The fourth-order valence-corrected chi connectivity index (χ4v) is 2.60. The first kappa shape index (κ1) is 9.66. The van der Waals surface area contributed by atoms with Crippen molar-refractivity contribution in [3.63, 3.8) is 0 Å². The molecule has 4 heteroatoms. The van der Waals surface area contributed by atoms with Crippen molar-refractivity contribution in [2.45, 2.75) is 25.3 Å². The van der Waals surface area contributed by atoms with Gasteiger partial charge in [-0.15, -0.1) is 0 Å². The average molecular weight is 219 g/mol. The Kier molecular flexibility index (Phi) is 1.94. The van der Waals surface area contributed by atoms with Crippen LogP contribution in [-0.2, 0) is 24.1 Å². The average Bonchev–Trinajstić information content (AvgIpc) is 2.74. The third kappa shape index (κ3) is 1.23. The van der Waals surface area contributed by atoms with Crippen molar-refractivity contribution >= 4 is 5.97 Å². The maximum Gasteiger partial charge on any atom is 0.315 e. The van der Waals surface area contributed by atoms with E-state index in [4.69, 9.17) is 15.2 Å². The monoisotopic (exact) mass is 219 g/mol. The molecule has 0 saturated heterocycles. The molecule has 1 heterocycles. The lowest BCUT2D eigenvalue weighted by atomic mass is 10.0. The van der Waals surface area contributed by atoms with E-state index >= 15 is 0 Å². The van der Waals surface area contributed by atoms with Gasteiger partial charge in [0.15, 0.2) is 0 Å². The third-order valence-electron chi connectivity index (χ3n) is 3.24. The van der Waals surface area contributed by atoms with E-state index in [2.05, 4.69) is 0 Å². The number of carbonyl (C=O) groups excluding carboxylic acids is 1. The number of esters is 1. The Morgan fingerprint density at radius 3 is 3.00 bits per heavy atom. The predicted molar refractivity (Wildman–Crippen MR) is 57.7 cm³/mol. The highest BCUT2D eigenvalue weighted by Gasteiger charge is 2.31. The Morgan fingerprint density at radius 2 is 2.25 bits per heavy atom. The molecule has 0 amide bonds. The number of fused-ring (bicyclic) bond motifs is 2. The molecule has 1 unspecified atom stereocenters. The van der Waals surface area contributed by atoms with Crippen LogP contribution in [0.15, 0.2) is 6.07 Å². The van der Waals surface area contributed by atoms with E-state index in [1.165, 1.54) is 0 Å². The molecule has 4 nitrogen and oxygen atoms in total. The summed E-state index contributed by atoms with van der Waals surface area (Å²) < 4.78 is 10.6. The highest BCUT2D eigenvalue weighted by molar-refractivity contribution is 5.83. The van der Waals surface area contributed by atoms with Crippen molar-refractivity contribution in [1.29, 1.82) is 0 Å². The van der Waals surface area contributed by atoms with Crippen LogP contribution in [0.2, 0.25) is 0 Å². The lowest BCUT2D eigenvalue weighted by Gasteiger charge is -2.11. The molecule has 1 aliphatic carbocycles. The molecule has 0 aromatic heterocycles. The molecule has 1 aromatic rings. The van der Waals surface area contributed by atoms with E-state index in [1.807, 2.05) is 6.07 Å². The molecule has 2 aliphatic rings. The number of hydrogen-bond acceptors (Lipinski definition) is 4. The first-order valence-corrected chi connectivity index (χ1v) is 5.37. The number of hydrogen-bond donors (Lipinski definition) is 1. The molecular weight excluding hydrogens is 206 g/mol. The van der Waals surface area contributed by atoms with Gasteiger partial charge in [-0.3, -0.25) is 4.79 Å².